The molecule has 0 nitrogen and oxygen atoms in total. The van der Waals surface area contributed by atoms with Gasteiger partial charge < -0.3 is 0 Å². The Kier molecular flexibility index (Phi) is 3.48. The van der Waals surface area contributed by atoms with E-state index in [0.29, 0.717) is 16.9 Å². The van der Waals surface area contributed by atoms with Crippen molar-refractivity contribution >= 4 is 11.8 Å². The summed E-state index contributed by atoms with van der Waals surface area (Å²) >= 11 is 1.13. The first kappa shape index (κ1) is 11.4. The Balaban J connectivity index is 3.34. The Bertz CT molecular complexity index is 295. The van der Waals surface area contributed by atoms with Crippen LogP contribution in [0.1, 0.15) is 18.1 Å². The van der Waals surface area contributed by atoms with Gasteiger partial charge in [0, 0.05) is 4.90 Å². The Morgan fingerprint density at radius 2 is 1.93 bits per heavy atom. The smallest absolute Gasteiger partial charge is 0.166 e. The Morgan fingerprint density at radius 3 is 2.36 bits per heavy atom. The van der Waals surface area contributed by atoms with E-state index in [1.807, 2.05) is 0 Å². The van der Waals surface area contributed by atoms with E-state index in [4.69, 9.17) is 0 Å². The van der Waals surface area contributed by atoms with E-state index >= 15 is 0 Å². The number of benzene rings is 1. The average molecular weight is 220 g/mol. The third-order valence-corrected chi connectivity index (χ3v) is 2.78. The van der Waals surface area contributed by atoms with Gasteiger partial charge in [-0.1, -0.05) is 19.1 Å². The molecular weight excluding hydrogens is 209 g/mol. The van der Waals surface area contributed by atoms with Crippen molar-refractivity contribution in [3.8, 4) is 0 Å². The lowest BCUT2D eigenvalue weighted by atomic mass is 10.1. The van der Waals surface area contributed by atoms with E-state index in [1.54, 1.807) is 19.2 Å². The Morgan fingerprint density at radius 1 is 1.29 bits per heavy atom. The number of hydrogen-bond donors (Lipinski definition) is 0. The SMILES string of the molecule is CCc1cccc(SC)c1C(F)(F)F. The molecule has 0 fully saturated rings. The van der Waals surface area contributed by atoms with E-state index in [-0.39, 0.29) is 0 Å². The van der Waals surface area contributed by atoms with Crippen molar-refractivity contribution in [1.29, 1.82) is 0 Å². The lowest BCUT2D eigenvalue weighted by Gasteiger charge is -2.15. The number of halogens is 3. The average Bonchev–Trinajstić information content (AvgIpc) is 2.15. The normalized spacial score (nSPS) is 11.8. The molecule has 0 unspecified atom stereocenters. The second-order valence-electron chi connectivity index (χ2n) is 2.85. The summed E-state index contributed by atoms with van der Waals surface area (Å²) in [5.41, 5.74) is -0.112. The molecule has 0 aromatic heterocycles. The van der Waals surface area contributed by atoms with Gasteiger partial charge in [-0.2, -0.15) is 13.2 Å². The van der Waals surface area contributed by atoms with Crippen molar-refractivity contribution in [2.45, 2.75) is 24.4 Å². The van der Waals surface area contributed by atoms with Gasteiger partial charge in [0.2, 0.25) is 0 Å². The van der Waals surface area contributed by atoms with Crippen LogP contribution in [0.3, 0.4) is 0 Å². The van der Waals surface area contributed by atoms with Crippen LogP contribution >= 0.6 is 11.8 Å². The molecule has 0 radical (unpaired) electrons. The van der Waals surface area contributed by atoms with E-state index in [0.717, 1.165) is 11.8 Å². The van der Waals surface area contributed by atoms with Crippen LogP contribution in [0.5, 0.6) is 0 Å². The minimum absolute atomic E-state index is 0.303. The third kappa shape index (κ3) is 2.23. The Labute approximate surface area is 85.5 Å². The highest BCUT2D eigenvalue weighted by Crippen LogP contribution is 2.38. The van der Waals surface area contributed by atoms with Crippen molar-refractivity contribution in [3.63, 3.8) is 0 Å². The first-order chi connectivity index (χ1) is 6.50. The molecule has 1 aromatic rings. The van der Waals surface area contributed by atoms with Crippen LogP contribution in [0, 0.1) is 0 Å². The molecule has 0 aliphatic heterocycles. The number of thioether (sulfide) groups is 1. The molecule has 0 saturated heterocycles. The van der Waals surface area contributed by atoms with E-state index in [1.165, 1.54) is 12.1 Å². The van der Waals surface area contributed by atoms with Crippen LogP contribution in [-0.2, 0) is 12.6 Å². The molecule has 0 spiro atoms. The number of rotatable bonds is 2. The van der Waals surface area contributed by atoms with Crippen molar-refractivity contribution in [2.24, 2.45) is 0 Å². The number of aryl methyl sites for hydroxylation is 1. The van der Waals surface area contributed by atoms with Crippen molar-refractivity contribution < 1.29 is 13.2 Å². The summed E-state index contributed by atoms with van der Waals surface area (Å²) in [6, 6.07) is 4.70. The van der Waals surface area contributed by atoms with Gasteiger partial charge in [0.05, 0.1) is 5.56 Å². The highest BCUT2D eigenvalue weighted by atomic mass is 32.2. The lowest BCUT2D eigenvalue weighted by molar-refractivity contribution is -0.140. The third-order valence-electron chi connectivity index (χ3n) is 2.00. The summed E-state index contributed by atoms with van der Waals surface area (Å²) in [5, 5.41) is 0. The van der Waals surface area contributed by atoms with E-state index < -0.39 is 11.7 Å². The molecule has 1 rings (SSSR count). The van der Waals surface area contributed by atoms with Crippen LogP contribution in [0.25, 0.3) is 0 Å². The van der Waals surface area contributed by atoms with Gasteiger partial charge in [0.15, 0.2) is 0 Å². The molecule has 0 amide bonds. The predicted molar refractivity (Wildman–Crippen MR) is 52.6 cm³/mol. The highest BCUT2D eigenvalue weighted by molar-refractivity contribution is 7.98. The quantitative estimate of drug-likeness (QED) is 0.679. The maximum absolute atomic E-state index is 12.7. The minimum Gasteiger partial charge on any atom is -0.166 e. The molecule has 78 valence electrons. The van der Waals surface area contributed by atoms with Gasteiger partial charge >= 0.3 is 6.18 Å². The van der Waals surface area contributed by atoms with Gasteiger partial charge in [-0.15, -0.1) is 11.8 Å². The molecule has 0 bridgehead atoms. The summed E-state index contributed by atoms with van der Waals surface area (Å²) in [7, 11) is 0. The molecule has 4 heteroatoms. The van der Waals surface area contributed by atoms with Crippen molar-refractivity contribution in [3.05, 3.63) is 29.3 Å². The zero-order valence-corrected chi connectivity index (χ0v) is 8.80. The van der Waals surface area contributed by atoms with Crippen molar-refractivity contribution in [1.82, 2.24) is 0 Å². The topological polar surface area (TPSA) is 0 Å². The summed E-state index contributed by atoms with van der Waals surface area (Å²) in [6.07, 6.45) is -2.18. The number of hydrogen-bond acceptors (Lipinski definition) is 1. The second kappa shape index (κ2) is 4.26. The second-order valence-corrected chi connectivity index (χ2v) is 3.69. The zero-order chi connectivity index (χ0) is 10.8. The molecular formula is C10H11F3S. The first-order valence-electron chi connectivity index (χ1n) is 4.23. The molecule has 0 N–H and O–H groups in total. The standard InChI is InChI=1S/C10H11F3S/c1-3-7-5-4-6-8(14-2)9(7)10(11,12)13/h4-6H,3H2,1-2H3. The zero-order valence-electron chi connectivity index (χ0n) is 7.98. The molecule has 1 aromatic carbocycles. The van der Waals surface area contributed by atoms with Gasteiger partial charge in [-0.3, -0.25) is 0 Å². The minimum atomic E-state index is -4.25. The van der Waals surface area contributed by atoms with Crippen LogP contribution in [0.2, 0.25) is 0 Å². The first-order valence-corrected chi connectivity index (χ1v) is 5.46. The molecule has 0 atom stereocenters. The van der Waals surface area contributed by atoms with Crippen LogP contribution in [0.4, 0.5) is 13.2 Å². The maximum Gasteiger partial charge on any atom is 0.417 e. The Hall–Kier alpha value is -0.640. The van der Waals surface area contributed by atoms with Gasteiger partial charge in [-0.25, -0.2) is 0 Å². The fourth-order valence-corrected chi connectivity index (χ4v) is 2.03. The van der Waals surface area contributed by atoms with Gasteiger partial charge in [-0.05, 0) is 24.3 Å². The van der Waals surface area contributed by atoms with Crippen LogP contribution in [-0.4, -0.2) is 6.26 Å². The molecule has 0 saturated carbocycles. The van der Waals surface area contributed by atoms with Gasteiger partial charge in [0.25, 0.3) is 0 Å². The van der Waals surface area contributed by atoms with Crippen LogP contribution < -0.4 is 0 Å². The number of alkyl halides is 3. The summed E-state index contributed by atoms with van der Waals surface area (Å²) in [6.45, 7) is 1.73. The molecule has 0 aliphatic carbocycles. The predicted octanol–water partition coefficient (Wildman–Crippen LogP) is 3.99. The summed E-state index contributed by atoms with van der Waals surface area (Å²) in [5.74, 6) is 0. The fraction of sp³-hybridized carbons (Fsp3) is 0.400. The van der Waals surface area contributed by atoms with Gasteiger partial charge in [0.1, 0.15) is 0 Å². The summed E-state index contributed by atoms with van der Waals surface area (Å²) < 4.78 is 38.0. The monoisotopic (exact) mass is 220 g/mol. The maximum atomic E-state index is 12.7. The molecule has 14 heavy (non-hydrogen) atoms. The van der Waals surface area contributed by atoms with Crippen molar-refractivity contribution in [2.75, 3.05) is 6.26 Å². The fourth-order valence-electron chi connectivity index (χ4n) is 1.36. The lowest BCUT2D eigenvalue weighted by Crippen LogP contribution is -2.10. The molecule has 0 aliphatic rings. The molecule has 0 heterocycles. The van der Waals surface area contributed by atoms with Crippen LogP contribution in [0.15, 0.2) is 23.1 Å². The highest BCUT2D eigenvalue weighted by Gasteiger charge is 2.35. The largest absolute Gasteiger partial charge is 0.417 e. The summed E-state index contributed by atoms with van der Waals surface area (Å²) in [4.78, 5) is 0.303. The van der Waals surface area contributed by atoms with E-state index in [9.17, 15) is 13.2 Å². The van der Waals surface area contributed by atoms with E-state index in [2.05, 4.69) is 0 Å².